The van der Waals surface area contributed by atoms with Gasteiger partial charge in [0.2, 0.25) is 0 Å². The van der Waals surface area contributed by atoms with Crippen molar-refractivity contribution in [3.05, 3.63) is 18.3 Å². The lowest BCUT2D eigenvalue weighted by atomic mass is 10.3. The Morgan fingerprint density at radius 2 is 2.35 bits per heavy atom. The summed E-state index contributed by atoms with van der Waals surface area (Å²) in [7, 11) is 1.56. The molecular formula is C12H20N2O3. The van der Waals surface area contributed by atoms with E-state index in [-0.39, 0.29) is 0 Å². The van der Waals surface area contributed by atoms with Gasteiger partial charge in [0.15, 0.2) is 11.6 Å². The molecule has 5 nitrogen and oxygen atoms in total. The normalized spacial score (nSPS) is 12.2. The van der Waals surface area contributed by atoms with E-state index in [9.17, 15) is 5.11 Å². The van der Waals surface area contributed by atoms with E-state index in [0.29, 0.717) is 31.3 Å². The van der Waals surface area contributed by atoms with Crippen molar-refractivity contribution in [1.82, 2.24) is 4.98 Å². The van der Waals surface area contributed by atoms with E-state index in [1.165, 1.54) is 0 Å². The third kappa shape index (κ3) is 5.01. The Balaban J connectivity index is 2.51. The van der Waals surface area contributed by atoms with Gasteiger partial charge < -0.3 is 19.9 Å². The molecule has 96 valence electrons. The molecule has 1 rings (SSSR count). The molecule has 0 amide bonds. The lowest BCUT2D eigenvalue weighted by molar-refractivity contribution is 0.0727. The predicted molar refractivity (Wildman–Crippen MR) is 66.4 cm³/mol. The molecule has 0 aliphatic rings. The lowest BCUT2D eigenvalue weighted by Crippen LogP contribution is -2.24. The summed E-state index contributed by atoms with van der Waals surface area (Å²) in [5.74, 6) is 1.36. The standard InChI is InChI=1S/C12H20N2O3/c1-3-7-17-11-5-4-6-13-12(11)14-8-10(15)9-16-2/h4-6,10,15H,3,7-9H2,1-2H3,(H,13,14). The van der Waals surface area contributed by atoms with E-state index >= 15 is 0 Å². The predicted octanol–water partition coefficient (Wildman–Crippen LogP) is 1.29. The fourth-order valence-electron chi connectivity index (χ4n) is 1.32. The maximum absolute atomic E-state index is 9.52. The van der Waals surface area contributed by atoms with Crippen molar-refractivity contribution in [1.29, 1.82) is 0 Å². The maximum atomic E-state index is 9.52. The molecule has 1 heterocycles. The Kier molecular flexibility index (Phi) is 6.35. The minimum Gasteiger partial charge on any atom is -0.490 e. The van der Waals surface area contributed by atoms with Crippen LogP contribution in [0.1, 0.15) is 13.3 Å². The van der Waals surface area contributed by atoms with Gasteiger partial charge in [-0.25, -0.2) is 4.98 Å². The number of hydrogen-bond donors (Lipinski definition) is 2. The Hall–Kier alpha value is -1.33. The van der Waals surface area contributed by atoms with Crippen LogP contribution in [0.25, 0.3) is 0 Å². The van der Waals surface area contributed by atoms with E-state index in [1.807, 2.05) is 19.1 Å². The number of rotatable bonds is 8. The average molecular weight is 240 g/mol. The summed E-state index contributed by atoms with van der Waals surface area (Å²) in [5.41, 5.74) is 0. The summed E-state index contributed by atoms with van der Waals surface area (Å²) in [5, 5.41) is 12.6. The van der Waals surface area contributed by atoms with Gasteiger partial charge in [-0.1, -0.05) is 6.92 Å². The molecule has 2 N–H and O–H groups in total. The van der Waals surface area contributed by atoms with Gasteiger partial charge in [0.1, 0.15) is 0 Å². The first-order chi connectivity index (χ1) is 8.27. The van der Waals surface area contributed by atoms with Gasteiger partial charge >= 0.3 is 0 Å². The Morgan fingerprint density at radius 3 is 3.06 bits per heavy atom. The number of anilines is 1. The highest BCUT2D eigenvalue weighted by molar-refractivity contribution is 5.49. The molecule has 0 fully saturated rings. The van der Waals surface area contributed by atoms with Gasteiger partial charge in [-0.2, -0.15) is 0 Å². The topological polar surface area (TPSA) is 63.6 Å². The number of aliphatic hydroxyl groups excluding tert-OH is 1. The molecule has 17 heavy (non-hydrogen) atoms. The minimum absolute atomic E-state index is 0.297. The van der Waals surface area contributed by atoms with Crippen molar-refractivity contribution in [3.8, 4) is 5.75 Å². The Bertz CT molecular complexity index is 320. The number of aliphatic hydroxyl groups is 1. The number of methoxy groups -OCH3 is 1. The van der Waals surface area contributed by atoms with Crippen LogP contribution in [0, 0.1) is 0 Å². The summed E-state index contributed by atoms with van der Waals surface area (Å²) in [6, 6.07) is 3.68. The van der Waals surface area contributed by atoms with E-state index in [4.69, 9.17) is 9.47 Å². The molecule has 0 radical (unpaired) electrons. The summed E-state index contributed by atoms with van der Waals surface area (Å²) in [6.07, 6.45) is 2.07. The number of aromatic nitrogens is 1. The fourth-order valence-corrected chi connectivity index (χ4v) is 1.32. The quantitative estimate of drug-likeness (QED) is 0.717. The van der Waals surface area contributed by atoms with Crippen LogP contribution in [0.4, 0.5) is 5.82 Å². The van der Waals surface area contributed by atoms with Crippen LogP contribution < -0.4 is 10.1 Å². The monoisotopic (exact) mass is 240 g/mol. The number of ether oxygens (including phenoxy) is 2. The zero-order valence-electron chi connectivity index (χ0n) is 10.3. The molecule has 0 spiro atoms. The fraction of sp³-hybridized carbons (Fsp3) is 0.583. The lowest BCUT2D eigenvalue weighted by Gasteiger charge is -2.14. The van der Waals surface area contributed by atoms with Gasteiger partial charge in [0.25, 0.3) is 0 Å². The molecule has 1 aromatic rings. The van der Waals surface area contributed by atoms with Crippen LogP contribution in [0.5, 0.6) is 5.75 Å². The largest absolute Gasteiger partial charge is 0.490 e. The van der Waals surface area contributed by atoms with Crippen molar-refractivity contribution in [2.75, 3.05) is 32.2 Å². The first-order valence-corrected chi connectivity index (χ1v) is 5.76. The van der Waals surface area contributed by atoms with Crippen molar-refractivity contribution >= 4 is 5.82 Å². The molecule has 1 aromatic heterocycles. The van der Waals surface area contributed by atoms with Crippen LogP contribution >= 0.6 is 0 Å². The second-order valence-electron chi connectivity index (χ2n) is 3.69. The van der Waals surface area contributed by atoms with Crippen molar-refractivity contribution in [2.24, 2.45) is 0 Å². The number of nitrogens with one attached hydrogen (secondary N) is 1. The summed E-state index contributed by atoms with van der Waals surface area (Å²) < 4.78 is 10.4. The first-order valence-electron chi connectivity index (χ1n) is 5.76. The van der Waals surface area contributed by atoms with Crippen LogP contribution in [-0.2, 0) is 4.74 Å². The van der Waals surface area contributed by atoms with Crippen LogP contribution in [0.15, 0.2) is 18.3 Å². The molecule has 0 bridgehead atoms. The van der Waals surface area contributed by atoms with Crippen LogP contribution in [0.2, 0.25) is 0 Å². The number of nitrogens with zero attached hydrogens (tertiary/aromatic N) is 1. The molecular weight excluding hydrogens is 220 g/mol. The second-order valence-corrected chi connectivity index (χ2v) is 3.69. The molecule has 1 atom stereocenters. The molecule has 0 saturated heterocycles. The van der Waals surface area contributed by atoms with Crippen molar-refractivity contribution in [2.45, 2.75) is 19.4 Å². The zero-order valence-corrected chi connectivity index (χ0v) is 10.3. The summed E-state index contributed by atoms with van der Waals surface area (Å²) >= 11 is 0. The average Bonchev–Trinajstić information content (AvgIpc) is 2.35. The van der Waals surface area contributed by atoms with E-state index < -0.39 is 6.10 Å². The molecule has 0 aliphatic heterocycles. The van der Waals surface area contributed by atoms with E-state index in [2.05, 4.69) is 10.3 Å². The summed E-state index contributed by atoms with van der Waals surface area (Å²) in [4.78, 5) is 4.18. The highest BCUT2D eigenvalue weighted by Gasteiger charge is 2.07. The Labute approximate surface area is 102 Å². The zero-order chi connectivity index (χ0) is 12.5. The van der Waals surface area contributed by atoms with Gasteiger partial charge in [0, 0.05) is 19.9 Å². The highest BCUT2D eigenvalue weighted by atomic mass is 16.5. The van der Waals surface area contributed by atoms with Gasteiger partial charge in [-0.05, 0) is 18.6 Å². The number of pyridine rings is 1. The van der Waals surface area contributed by atoms with Gasteiger partial charge in [-0.15, -0.1) is 0 Å². The minimum atomic E-state index is -0.555. The third-order valence-electron chi connectivity index (χ3n) is 2.10. The van der Waals surface area contributed by atoms with Gasteiger partial charge in [0.05, 0.1) is 19.3 Å². The molecule has 1 unspecified atom stereocenters. The molecule has 0 aliphatic carbocycles. The van der Waals surface area contributed by atoms with Crippen molar-refractivity contribution < 1.29 is 14.6 Å². The first kappa shape index (κ1) is 13.7. The summed E-state index contributed by atoms with van der Waals surface area (Å²) in [6.45, 7) is 3.38. The molecule has 0 saturated carbocycles. The second kappa shape index (κ2) is 7.86. The van der Waals surface area contributed by atoms with E-state index in [1.54, 1.807) is 13.3 Å². The smallest absolute Gasteiger partial charge is 0.168 e. The van der Waals surface area contributed by atoms with Crippen LogP contribution in [0.3, 0.4) is 0 Å². The highest BCUT2D eigenvalue weighted by Crippen LogP contribution is 2.20. The SMILES string of the molecule is CCCOc1cccnc1NCC(O)COC. The van der Waals surface area contributed by atoms with E-state index in [0.717, 1.165) is 6.42 Å². The molecule has 0 aromatic carbocycles. The van der Waals surface area contributed by atoms with Crippen molar-refractivity contribution in [3.63, 3.8) is 0 Å². The van der Waals surface area contributed by atoms with Gasteiger partial charge in [-0.3, -0.25) is 0 Å². The maximum Gasteiger partial charge on any atom is 0.168 e. The Morgan fingerprint density at radius 1 is 1.53 bits per heavy atom. The van der Waals surface area contributed by atoms with Crippen LogP contribution in [-0.4, -0.2) is 43.1 Å². The third-order valence-corrected chi connectivity index (χ3v) is 2.10. The molecule has 5 heteroatoms. The number of hydrogen-bond acceptors (Lipinski definition) is 5.